The molecule has 5 heteroatoms. The molecule has 1 atom stereocenters. The zero-order valence-electron chi connectivity index (χ0n) is 17.0. The van der Waals surface area contributed by atoms with Crippen LogP contribution in [-0.2, 0) is 10.3 Å². The molecule has 2 aromatic carbocycles. The van der Waals surface area contributed by atoms with E-state index >= 15 is 0 Å². The summed E-state index contributed by atoms with van der Waals surface area (Å²) in [6.45, 7) is 8.78. The first-order chi connectivity index (χ1) is 13.4. The number of nitrogens with two attached hydrogens (primary N) is 1. The van der Waals surface area contributed by atoms with Crippen LogP contribution in [0.2, 0.25) is 0 Å². The molecule has 28 heavy (non-hydrogen) atoms. The largest absolute Gasteiger partial charge is 0.384 e. The molecule has 0 aliphatic carbocycles. The lowest BCUT2D eigenvalue weighted by molar-refractivity contribution is 0.202. The lowest BCUT2D eigenvalue weighted by Gasteiger charge is -2.30. The van der Waals surface area contributed by atoms with Crippen LogP contribution in [-0.4, -0.2) is 38.7 Å². The number of hydrogen-bond donors (Lipinski definition) is 2. The number of ether oxygens (including phenoxy) is 1. The molecule has 0 radical (unpaired) electrons. The summed E-state index contributed by atoms with van der Waals surface area (Å²) >= 11 is 0. The second-order valence-corrected chi connectivity index (χ2v) is 6.75. The lowest BCUT2D eigenvalue weighted by Crippen LogP contribution is -2.35. The van der Waals surface area contributed by atoms with Crippen LogP contribution in [0.15, 0.2) is 84.5 Å². The van der Waals surface area contributed by atoms with Crippen LogP contribution < -0.4 is 11.1 Å². The molecule has 5 nitrogen and oxygen atoms in total. The molecule has 0 aliphatic heterocycles. The maximum Gasteiger partial charge on any atom is 0.192 e. The predicted octanol–water partition coefficient (Wildman–Crippen LogP) is 3.95. The Bertz CT molecular complexity index is 830. The number of anilines is 1. The molecule has 0 spiro atoms. The van der Waals surface area contributed by atoms with E-state index in [4.69, 9.17) is 15.5 Å². The second kappa shape index (κ2) is 9.76. The molecule has 0 saturated carbocycles. The Labute approximate surface area is 168 Å². The zero-order valence-corrected chi connectivity index (χ0v) is 17.0. The highest BCUT2D eigenvalue weighted by Crippen LogP contribution is 2.36. The highest BCUT2D eigenvalue weighted by Gasteiger charge is 2.31. The molecular formula is C23H30N4O. The first-order valence-electron chi connectivity index (χ1n) is 9.19. The highest BCUT2D eigenvalue weighted by atomic mass is 16.5. The van der Waals surface area contributed by atoms with E-state index in [1.807, 2.05) is 68.7 Å². The van der Waals surface area contributed by atoms with Crippen LogP contribution in [0.3, 0.4) is 0 Å². The van der Waals surface area contributed by atoms with Crippen molar-refractivity contribution < 1.29 is 4.74 Å². The van der Waals surface area contributed by atoms with Gasteiger partial charge in [-0.2, -0.15) is 0 Å². The van der Waals surface area contributed by atoms with Crippen molar-refractivity contribution in [3.63, 3.8) is 0 Å². The number of methoxy groups -OCH3 is 1. The molecule has 148 valence electrons. The third-order valence-corrected chi connectivity index (χ3v) is 4.49. The summed E-state index contributed by atoms with van der Waals surface area (Å²) in [6.07, 6.45) is 2.56. The molecule has 0 heterocycles. The van der Waals surface area contributed by atoms with Gasteiger partial charge in [0.05, 0.1) is 6.61 Å². The van der Waals surface area contributed by atoms with Crippen molar-refractivity contribution >= 4 is 11.6 Å². The minimum atomic E-state index is -0.804. The molecule has 1 unspecified atom stereocenters. The molecule has 0 amide bonds. The number of aliphatic imine (C=N–C) groups is 1. The zero-order chi connectivity index (χ0) is 20.6. The van der Waals surface area contributed by atoms with Crippen LogP contribution in [0.5, 0.6) is 0 Å². The van der Waals surface area contributed by atoms with E-state index in [1.165, 1.54) is 0 Å². The molecule has 2 rings (SSSR count). The molecule has 0 bridgehead atoms. The summed E-state index contributed by atoms with van der Waals surface area (Å²) in [5.74, 6) is 0.423. The van der Waals surface area contributed by atoms with Crippen molar-refractivity contribution in [2.75, 3.05) is 33.1 Å². The first-order valence-corrected chi connectivity index (χ1v) is 9.19. The van der Waals surface area contributed by atoms with Crippen molar-refractivity contribution in [2.24, 2.45) is 10.7 Å². The average molecular weight is 379 g/mol. The SMILES string of the molecule is C=CC(N=C(N)N(C)C)(c1ccccc1)c1cccc(NC(=C)CCOC)c1. The summed E-state index contributed by atoms with van der Waals surface area (Å²) in [5.41, 5.74) is 9.18. The third-order valence-electron chi connectivity index (χ3n) is 4.49. The smallest absolute Gasteiger partial charge is 0.192 e. The monoisotopic (exact) mass is 378 g/mol. The van der Waals surface area contributed by atoms with E-state index in [-0.39, 0.29) is 0 Å². The molecule has 0 aromatic heterocycles. The fourth-order valence-electron chi connectivity index (χ4n) is 2.88. The summed E-state index contributed by atoms with van der Waals surface area (Å²) in [6, 6.07) is 18.1. The number of rotatable bonds is 9. The molecule has 3 N–H and O–H groups in total. The number of nitrogens with zero attached hydrogens (tertiary/aromatic N) is 2. The van der Waals surface area contributed by atoms with Gasteiger partial charge in [-0.05, 0) is 23.3 Å². The van der Waals surface area contributed by atoms with E-state index in [0.717, 1.165) is 28.9 Å². The van der Waals surface area contributed by atoms with E-state index in [1.54, 1.807) is 12.0 Å². The Morgan fingerprint density at radius 2 is 1.86 bits per heavy atom. The van der Waals surface area contributed by atoms with Crippen molar-refractivity contribution in [2.45, 2.75) is 12.0 Å². The summed E-state index contributed by atoms with van der Waals surface area (Å²) in [5, 5.41) is 3.34. The number of nitrogens with one attached hydrogen (secondary N) is 1. The fourth-order valence-corrected chi connectivity index (χ4v) is 2.88. The fraction of sp³-hybridized carbons (Fsp3) is 0.261. The normalized spacial score (nSPS) is 13.5. The maximum absolute atomic E-state index is 6.21. The van der Waals surface area contributed by atoms with Crippen molar-refractivity contribution in [3.05, 3.63) is 90.7 Å². The average Bonchev–Trinajstić information content (AvgIpc) is 2.71. The van der Waals surface area contributed by atoms with Crippen LogP contribution >= 0.6 is 0 Å². The van der Waals surface area contributed by atoms with Crippen molar-refractivity contribution in [1.82, 2.24) is 4.90 Å². The summed E-state index contributed by atoms with van der Waals surface area (Å²) in [4.78, 5) is 6.66. The minimum absolute atomic E-state index is 0.423. The van der Waals surface area contributed by atoms with E-state index < -0.39 is 5.54 Å². The van der Waals surface area contributed by atoms with E-state index in [0.29, 0.717) is 12.6 Å². The molecule has 2 aromatic rings. The van der Waals surface area contributed by atoms with Crippen LogP contribution in [0, 0.1) is 0 Å². The topological polar surface area (TPSA) is 62.9 Å². The second-order valence-electron chi connectivity index (χ2n) is 6.75. The maximum atomic E-state index is 6.21. The molecular weight excluding hydrogens is 348 g/mol. The Morgan fingerprint density at radius 1 is 1.18 bits per heavy atom. The lowest BCUT2D eigenvalue weighted by atomic mass is 9.83. The molecule has 0 saturated heterocycles. The van der Waals surface area contributed by atoms with Crippen molar-refractivity contribution in [1.29, 1.82) is 0 Å². The van der Waals surface area contributed by atoms with Gasteiger partial charge in [0, 0.05) is 39.0 Å². The Morgan fingerprint density at radius 3 is 2.46 bits per heavy atom. The number of benzene rings is 2. The third kappa shape index (κ3) is 5.02. The van der Waals surface area contributed by atoms with Gasteiger partial charge >= 0.3 is 0 Å². The van der Waals surface area contributed by atoms with Crippen LogP contribution in [0.1, 0.15) is 17.5 Å². The van der Waals surface area contributed by atoms with Crippen LogP contribution in [0.4, 0.5) is 5.69 Å². The van der Waals surface area contributed by atoms with Gasteiger partial charge in [-0.25, -0.2) is 4.99 Å². The highest BCUT2D eigenvalue weighted by molar-refractivity contribution is 5.79. The van der Waals surface area contributed by atoms with Gasteiger partial charge in [0.1, 0.15) is 5.54 Å². The Kier molecular flexibility index (Phi) is 7.41. The van der Waals surface area contributed by atoms with Gasteiger partial charge in [0.25, 0.3) is 0 Å². The standard InChI is InChI=1S/C23H30N4O/c1-6-23(26-22(24)27(3)4,19-11-8-7-9-12-19)20-13-10-14-21(17-20)25-18(2)15-16-28-5/h6-14,17,25H,1-2,15-16H2,3-5H3,(H2,24,26). The van der Waals surface area contributed by atoms with Gasteiger partial charge in [-0.15, -0.1) is 0 Å². The Balaban J connectivity index is 2.53. The van der Waals surface area contributed by atoms with Gasteiger partial charge < -0.3 is 20.7 Å². The van der Waals surface area contributed by atoms with E-state index in [9.17, 15) is 0 Å². The molecule has 0 aliphatic rings. The summed E-state index contributed by atoms with van der Waals surface area (Å²) < 4.78 is 5.12. The predicted molar refractivity (Wildman–Crippen MR) is 118 cm³/mol. The quantitative estimate of drug-likeness (QED) is 0.394. The van der Waals surface area contributed by atoms with Gasteiger partial charge in [-0.3, -0.25) is 0 Å². The van der Waals surface area contributed by atoms with Gasteiger partial charge in [0.15, 0.2) is 5.96 Å². The van der Waals surface area contributed by atoms with E-state index in [2.05, 4.69) is 24.5 Å². The summed E-state index contributed by atoms with van der Waals surface area (Å²) in [7, 11) is 5.42. The molecule has 0 fully saturated rings. The van der Waals surface area contributed by atoms with Gasteiger partial charge in [0.2, 0.25) is 0 Å². The van der Waals surface area contributed by atoms with Gasteiger partial charge in [-0.1, -0.05) is 61.7 Å². The van der Waals surface area contributed by atoms with Crippen molar-refractivity contribution in [3.8, 4) is 0 Å². The first kappa shape index (κ1) is 21.3. The minimum Gasteiger partial charge on any atom is -0.384 e. The Hall–Kier alpha value is -3.05. The number of hydrogen-bond acceptors (Lipinski definition) is 3. The van der Waals surface area contributed by atoms with Crippen LogP contribution in [0.25, 0.3) is 0 Å². The number of guanidine groups is 1.